The van der Waals surface area contributed by atoms with Crippen molar-refractivity contribution in [2.24, 2.45) is 0 Å². The summed E-state index contributed by atoms with van der Waals surface area (Å²) in [6.07, 6.45) is -17.0. The van der Waals surface area contributed by atoms with E-state index in [9.17, 15) is 132 Å². The monoisotopic (exact) mass is 1050 g/mol. The summed E-state index contributed by atoms with van der Waals surface area (Å²) in [5.74, 6) is -125. The van der Waals surface area contributed by atoms with Crippen molar-refractivity contribution in [1.82, 2.24) is 0 Å². The van der Waals surface area contributed by atoms with Crippen molar-refractivity contribution < 1.29 is 149 Å². The van der Waals surface area contributed by atoms with Crippen molar-refractivity contribution in [3.8, 4) is 0 Å². The van der Waals surface area contributed by atoms with Crippen LogP contribution in [0.15, 0.2) is 18.2 Å². The average Bonchev–Trinajstić information content (AvgIpc) is 3.06. The third-order valence-corrected chi connectivity index (χ3v) is 10.1. The van der Waals surface area contributed by atoms with Crippen molar-refractivity contribution in [3.63, 3.8) is 0 Å². The average molecular weight is 1050 g/mol. The van der Waals surface area contributed by atoms with Gasteiger partial charge in [0.2, 0.25) is 0 Å². The Morgan fingerprint density at radius 1 is 0.311 bits per heavy atom. The molecular formula is C26H12F34Se. The van der Waals surface area contributed by atoms with Gasteiger partial charge >= 0.3 is 318 Å². The van der Waals surface area contributed by atoms with E-state index in [2.05, 4.69) is 0 Å². The first kappa shape index (κ1) is 56.4. The molecule has 0 heterocycles. The zero-order valence-electron chi connectivity index (χ0n) is 27.6. The molecule has 61 heavy (non-hydrogen) atoms. The van der Waals surface area contributed by atoms with Crippen LogP contribution in [-0.4, -0.2) is 98.4 Å². The van der Waals surface area contributed by atoms with Crippen LogP contribution >= 0.6 is 0 Å². The summed E-state index contributed by atoms with van der Waals surface area (Å²) in [5.41, 5.74) is -7.75. The third-order valence-electron chi connectivity index (χ3n) is 7.84. The zero-order chi connectivity index (χ0) is 49.7. The summed E-state index contributed by atoms with van der Waals surface area (Å²) < 4.78 is 466. The van der Waals surface area contributed by atoms with Gasteiger partial charge in [-0.3, -0.25) is 0 Å². The normalized spacial score (nSPS) is 16.4. The molecule has 0 saturated heterocycles. The van der Waals surface area contributed by atoms with Gasteiger partial charge in [0, 0.05) is 0 Å². The molecule has 360 valence electrons. The van der Waals surface area contributed by atoms with Crippen LogP contribution in [0.1, 0.15) is 30.9 Å². The number of unbranched alkanes of at least 4 members (excludes halogenated alkanes) is 1. The molecule has 0 N–H and O–H groups in total. The second-order valence-electron chi connectivity index (χ2n) is 12.0. The van der Waals surface area contributed by atoms with Gasteiger partial charge in [0.05, 0.1) is 0 Å². The molecule has 0 amide bonds. The molecule has 0 saturated carbocycles. The Kier molecular flexibility index (Phi) is 14.1. The van der Waals surface area contributed by atoms with Gasteiger partial charge in [-0.1, -0.05) is 0 Å². The Morgan fingerprint density at radius 3 is 0.738 bits per heavy atom. The first-order valence-corrected chi connectivity index (χ1v) is 16.4. The van der Waals surface area contributed by atoms with Crippen LogP contribution in [0, 0.1) is 0 Å². The Morgan fingerprint density at radius 2 is 0.525 bits per heavy atom. The fraction of sp³-hybridized carbons (Fsp3) is 0.769. The van der Waals surface area contributed by atoms with Crippen LogP contribution < -0.4 is 4.46 Å². The molecule has 0 spiro atoms. The molecule has 1 aromatic carbocycles. The fourth-order valence-corrected chi connectivity index (χ4v) is 6.36. The summed E-state index contributed by atoms with van der Waals surface area (Å²) in [6.45, 7) is 1.15. The SMILES string of the molecule is CCCC[Se]c1cc(C(F)(F)C(F)(F)C(F)(F)C(F)(F)C(F)(F)C(F)(F)C(F)(F)C(F)(F)F)cc(C(F)(F)C(F)(F)C(F)(F)C(F)(F)C(F)(F)C(F)(F)C(F)(F)C(F)(F)F)c1. The minimum absolute atomic E-state index is 0.155. The van der Waals surface area contributed by atoms with Gasteiger partial charge in [0.25, 0.3) is 0 Å². The van der Waals surface area contributed by atoms with E-state index in [-0.39, 0.29) is 6.42 Å². The van der Waals surface area contributed by atoms with E-state index in [1.54, 1.807) is 0 Å². The second-order valence-corrected chi connectivity index (χ2v) is 14.4. The van der Waals surface area contributed by atoms with E-state index < -0.39 is 156 Å². The number of hydrogen-bond acceptors (Lipinski definition) is 0. The van der Waals surface area contributed by atoms with E-state index >= 15 is 17.6 Å². The van der Waals surface area contributed by atoms with Crippen LogP contribution in [-0.2, 0) is 11.8 Å². The Bertz CT molecular complexity index is 1590. The van der Waals surface area contributed by atoms with Crippen LogP contribution in [0.25, 0.3) is 0 Å². The Labute approximate surface area is 319 Å². The molecule has 0 aliphatic heterocycles. The summed E-state index contributed by atoms with van der Waals surface area (Å²) in [6, 6.07) is -4.26. The predicted octanol–water partition coefficient (Wildman–Crippen LogP) is 13.2. The number of rotatable bonds is 18. The van der Waals surface area contributed by atoms with Crippen molar-refractivity contribution in [3.05, 3.63) is 29.3 Å². The first-order chi connectivity index (χ1) is 26.1. The summed E-state index contributed by atoms with van der Waals surface area (Å²) in [5, 5.41) is -0.789. The predicted molar refractivity (Wildman–Crippen MR) is 131 cm³/mol. The molecule has 35 heteroatoms. The van der Waals surface area contributed by atoms with E-state index in [0.717, 1.165) is 6.92 Å². The third kappa shape index (κ3) is 7.57. The molecule has 0 aliphatic carbocycles. The van der Waals surface area contributed by atoms with E-state index in [1.165, 1.54) is 0 Å². The van der Waals surface area contributed by atoms with Crippen LogP contribution in [0.2, 0.25) is 5.32 Å². The molecule has 0 aromatic heterocycles. The molecule has 1 rings (SSSR count). The van der Waals surface area contributed by atoms with Crippen molar-refractivity contribution in [2.45, 2.75) is 120 Å². The molecule has 0 bridgehead atoms. The maximum atomic E-state index is 15.1. The van der Waals surface area contributed by atoms with Crippen molar-refractivity contribution in [1.29, 1.82) is 0 Å². The van der Waals surface area contributed by atoms with Gasteiger partial charge in [-0.2, -0.15) is 0 Å². The molecule has 0 fully saturated rings. The summed E-state index contributed by atoms with van der Waals surface area (Å²) in [4.78, 5) is 0. The quantitative estimate of drug-likeness (QED) is 0.0781. The first-order valence-electron chi connectivity index (χ1n) is 14.4. The van der Waals surface area contributed by atoms with Gasteiger partial charge < -0.3 is 0 Å². The van der Waals surface area contributed by atoms with Crippen LogP contribution in [0.4, 0.5) is 149 Å². The Hall–Kier alpha value is -2.64. The van der Waals surface area contributed by atoms with Gasteiger partial charge in [-0.15, -0.1) is 0 Å². The molecular weight excluding hydrogens is 1040 g/mol. The van der Waals surface area contributed by atoms with E-state index in [1.807, 2.05) is 0 Å². The van der Waals surface area contributed by atoms with Gasteiger partial charge in [-0.05, 0) is 0 Å². The van der Waals surface area contributed by atoms with Crippen molar-refractivity contribution in [2.75, 3.05) is 0 Å². The molecule has 1 aromatic rings. The summed E-state index contributed by atoms with van der Waals surface area (Å²) >= 11 is -2.22. The molecule has 0 nitrogen and oxygen atoms in total. The van der Waals surface area contributed by atoms with Gasteiger partial charge in [0.15, 0.2) is 0 Å². The summed E-state index contributed by atoms with van der Waals surface area (Å²) in [7, 11) is 0. The number of halogens is 34. The topological polar surface area (TPSA) is 0 Å². The molecule has 0 radical (unpaired) electrons. The zero-order valence-corrected chi connectivity index (χ0v) is 29.3. The fourth-order valence-electron chi connectivity index (χ4n) is 4.07. The van der Waals surface area contributed by atoms with Crippen LogP contribution in [0.5, 0.6) is 0 Å². The maximum absolute atomic E-state index is 15.1. The van der Waals surface area contributed by atoms with E-state index in [4.69, 9.17) is 0 Å². The van der Waals surface area contributed by atoms with Crippen LogP contribution in [0.3, 0.4) is 0 Å². The van der Waals surface area contributed by atoms with Crippen molar-refractivity contribution >= 4 is 19.4 Å². The van der Waals surface area contributed by atoms with E-state index in [0.29, 0.717) is 0 Å². The Balaban J connectivity index is 4.29. The molecule has 0 aliphatic rings. The number of hydrogen-bond donors (Lipinski definition) is 0. The molecule has 0 atom stereocenters. The number of benzene rings is 1. The standard InChI is InChI=1S/C26H12F34Se/c1-2-3-4-61-10-6-8(11(27,28)13(31,32)15(35,36)17(39,40)19(43,44)21(47,48)23(51,52)25(55,56)57)5-9(7-10)12(29,30)14(33,34)16(37,38)18(41,42)20(45,46)22(49,50)24(53,54)26(58,59)60/h5-7H,2-4H2,1H3. The second kappa shape index (κ2) is 15.2. The minimum atomic E-state index is -9.35. The number of alkyl halides is 34. The van der Waals surface area contributed by atoms with Gasteiger partial charge in [-0.25, -0.2) is 0 Å². The van der Waals surface area contributed by atoms with Gasteiger partial charge in [0.1, 0.15) is 0 Å². The molecule has 0 unspecified atom stereocenters.